The first kappa shape index (κ1) is 10.6. The molecule has 1 aromatic carbocycles. The Kier molecular flexibility index (Phi) is 3.03. The molecule has 2 nitrogen and oxygen atoms in total. The predicted octanol–water partition coefficient (Wildman–Crippen LogP) is 1.03. The van der Waals surface area contributed by atoms with E-state index in [1.165, 1.54) is 6.07 Å². The zero-order valence-corrected chi connectivity index (χ0v) is 8.67. The van der Waals surface area contributed by atoms with Crippen molar-refractivity contribution in [1.82, 2.24) is 0 Å². The maximum absolute atomic E-state index is 13.7. The third kappa shape index (κ3) is 2.03. The minimum Gasteiger partial charge on any atom is -0.396 e. The van der Waals surface area contributed by atoms with Gasteiger partial charge < -0.3 is 10.8 Å². The van der Waals surface area contributed by atoms with Crippen molar-refractivity contribution in [3.05, 3.63) is 34.6 Å². The summed E-state index contributed by atoms with van der Waals surface area (Å²) in [4.78, 5) is 0. The van der Waals surface area contributed by atoms with Crippen LogP contribution in [0.15, 0.2) is 12.1 Å². The van der Waals surface area contributed by atoms with Crippen molar-refractivity contribution in [2.24, 2.45) is 11.7 Å². The summed E-state index contributed by atoms with van der Waals surface area (Å²) in [7, 11) is 0. The summed E-state index contributed by atoms with van der Waals surface area (Å²) in [6.45, 7) is 0.683. The molecule has 0 aromatic heterocycles. The van der Waals surface area contributed by atoms with E-state index in [-0.39, 0.29) is 12.4 Å². The molecule has 0 fully saturated rings. The van der Waals surface area contributed by atoms with E-state index >= 15 is 0 Å². The van der Waals surface area contributed by atoms with Gasteiger partial charge in [0.2, 0.25) is 0 Å². The van der Waals surface area contributed by atoms with E-state index in [0.29, 0.717) is 18.9 Å². The lowest BCUT2D eigenvalue weighted by Crippen LogP contribution is -2.13. The monoisotopic (exact) mass is 209 g/mol. The molecular formula is C12H16FNO. The number of rotatable bonds is 3. The van der Waals surface area contributed by atoms with Gasteiger partial charge in [0.15, 0.2) is 0 Å². The predicted molar refractivity (Wildman–Crippen MR) is 57.1 cm³/mol. The van der Waals surface area contributed by atoms with Crippen molar-refractivity contribution < 1.29 is 9.50 Å². The molecule has 0 saturated carbocycles. The first-order chi connectivity index (χ1) is 7.24. The van der Waals surface area contributed by atoms with Crippen molar-refractivity contribution in [2.45, 2.75) is 19.3 Å². The van der Waals surface area contributed by atoms with Gasteiger partial charge in [-0.2, -0.15) is 0 Å². The Morgan fingerprint density at radius 2 is 2.20 bits per heavy atom. The summed E-state index contributed by atoms with van der Waals surface area (Å²) < 4.78 is 13.7. The van der Waals surface area contributed by atoms with Crippen LogP contribution in [0.4, 0.5) is 4.39 Å². The highest BCUT2D eigenvalue weighted by atomic mass is 19.1. The quantitative estimate of drug-likeness (QED) is 0.781. The largest absolute Gasteiger partial charge is 0.396 e. The smallest absolute Gasteiger partial charge is 0.126 e. The van der Waals surface area contributed by atoms with Gasteiger partial charge in [-0.15, -0.1) is 0 Å². The molecule has 0 heterocycles. The zero-order valence-electron chi connectivity index (χ0n) is 8.67. The Bertz CT molecular complexity index is 365. The third-order valence-electron chi connectivity index (χ3n) is 3.08. The van der Waals surface area contributed by atoms with E-state index in [2.05, 4.69) is 0 Å². The molecule has 1 unspecified atom stereocenters. The molecular weight excluding hydrogens is 193 g/mol. The number of fused-ring (bicyclic) bond motifs is 1. The number of benzene rings is 1. The van der Waals surface area contributed by atoms with E-state index < -0.39 is 0 Å². The molecule has 0 saturated heterocycles. The highest BCUT2D eigenvalue weighted by Gasteiger charge is 2.23. The maximum atomic E-state index is 13.7. The van der Waals surface area contributed by atoms with E-state index in [4.69, 9.17) is 10.8 Å². The lowest BCUT2D eigenvalue weighted by atomic mass is 10.0. The molecule has 0 spiro atoms. The van der Waals surface area contributed by atoms with E-state index in [0.717, 1.165) is 29.5 Å². The van der Waals surface area contributed by atoms with Gasteiger partial charge in [0, 0.05) is 6.61 Å². The van der Waals surface area contributed by atoms with E-state index in [1.807, 2.05) is 6.07 Å². The normalized spacial score (nSPS) is 19.3. The molecule has 1 aliphatic rings. The van der Waals surface area contributed by atoms with Crippen LogP contribution in [0.2, 0.25) is 0 Å². The average molecular weight is 209 g/mol. The Hall–Kier alpha value is -0.930. The van der Waals surface area contributed by atoms with Gasteiger partial charge in [-0.3, -0.25) is 0 Å². The average Bonchev–Trinajstić information content (AvgIpc) is 2.62. The number of aliphatic hydroxyl groups excluding tert-OH is 1. The van der Waals surface area contributed by atoms with Gasteiger partial charge >= 0.3 is 0 Å². The minimum absolute atomic E-state index is 0.0680. The summed E-state index contributed by atoms with van der Waals surface area (Å²) in [6.07, 6.45) is 2.16. The van der Waals surface area contributed by atoms with E-state index in [9.17, 15) is 4.39 Å². The second-order valence-electron chi connectivity index (χ2n) is 4.20. The number of hydrogen-bond acceptors (Lipinski definition) is 2. The first-order valence-corrected chi connectivity index (χ1v) is 5.35. The molecule has 0 bridgehead atoms. The fourth-order valence-corrected chi connectivity index (χ4v) is 2.28. The lowest BCUT2D eigenvalue weighted by molar-refractivity contribution is 0.299. The molecule has 15 heavy (non-hydrogen) atoms. The Balaban J connectivity index is 2.29. The lowest BCUT2D eigenvalue weighted by Gasteiger charge is -2.04. The Morgan fingerprint density at radius 1 is 1.40 bits per heavy atom. The van der Waals surface area contributed by atoms with Gasteiger partial charge in [-0.1, -0.05) is 6.07 Å². The summed E-state index contributed by atoms with van der Waals surface area (Å²) >= 11 is 0. The van der Waals surface area contributed by atoms with Crippen LogP contribution in [0.3, 0.4) is 0 Å². The van der Waals surface area contributed by atoms with Crippen molar-refractivity contribution in [2.75, 3.05) is 13.2 Å². The Labute approximate surface area is 88.9 Å². The number of nitrogens with two attached hydrogens (primary N) is 1. The van der Waals surface area contributed by atoms with Crippen LogP contribution in [0.1, 0.15) is 16.7 Å². The molecule has 0 amide bonds. The van der Waals surface area contributed by atoms with Gasteiger partial charge in [0.05, 0.1) is 0 Å². The topological polar surface area (TPSA) is 46.2 Å². The van der Waals surface area contributed by atoms with Crippen molar-refractivity contribution in [1.29, 1.82) is 0 Å². The van der Waals surface area contributed by atoms with Crippen LogP contribution in [0.25, 0.3) is 0 Å². The van der Waals surface area contributed by atoms with Gasteiger partial charge in [-0.05, 0) is 54.5 Å². The summed E-state index contributed by atoms with van der Waals surface area (Å²) in [5.74, 6) is 0.255. The highest BCUT2D eigenvalue weighted by molar-refractivity contribution is 5.37. The zero-order chi connectivity index (χ0) is 10.8. The summed E-state index contributed by atoms with van der Waals surface area (Å²) in [5, 5.41) is 8.81. The van der Waals surface area contributed by atoms with E-state index in [1.54, 1.807) is 0 Å². The fraction of sp³-hybridized carbons (Fsp3) is 0.500. The van der Waals surface area contributed by atoms with Crippen LogP contribution < -0.4 is 5.73 Å². The standard InChI is InChI=1S/C12H16FNO/c13-12-6-8(1-2-15)3-10-4-9(7-14)5-11(10)12/h3,6,9,15H,1-2,4-5,7,14H2. The maximum Gasteiger partial charge on any atom is 0.126 e. The Morgan fingerprint density at radius 3 is 2.87 bits per heavy atom. The van der Waals surface area contributed by atoms with Crippen LogP contribution >= 0.6 is 0 Å². The second-order valence-corrected chi connectivity index (χ2v) is 4.20. The van der Waals surface area contributed by atoms with Gasteiger partial charge in [0.25, 0.3) is 0 Å². The number of halogens is 1. The van der Waals surface area contributed by atoms with Gasteiger partial charge in [0.1, 0.15) is 5.82 Å². The number of aliphatic hydroxyl groups is 1. The molecule has 82 valence electrons. The van der Waals surface area contributed by atoms with Crippen molar-refractivity contribution in [3.63, 3.8) is 0 Å². The van der Waals surface area contributed by atoms with Crippen LogP contribution in [0.5, 0.6) is 0 Å². The molecule has 0 radical (unpaired) electrons. The number of hydrogen-bond donors (Lipinski definition) is 2. The summed E-state index contributed by atoms with van der Waals surface area (Å²) in [5.41, 5.74) is 8.38. The van der Waals surface area contributed by atoms with Crippen LogP contribution in [-0.2, 0) is 19.3 Å². The second kappa shape index (κ2) is 4.29. The SMILES string of the molecule is NCC1Cc2cc(CCO)cc(F)c2C1. The molecule has 0 aliphatic heterocycles. The minimum atomic E-state index is -0.132. The van der Waals surface area contributed by atoms with Crippen LogP contribution in [-0.4, -0.2) is 18.3 Å². The highest BCUT2D eigenvalue weighted by Crippen LogP contribution is 2.29. The molecule has 2 rings (SSSR count). The van der Waals surface area contributed by atoms with Crippen LogP contribution in [0, 0.1) is 11.7 Å². The third-order valence-corrected chi connectivity index (χ3v) is 3.08. The fourth-order valence-electron chi connectivity index (χ4n) is 2.28. The molecule has 3 N–H and O–H groups in total. The van der Waals surface area contributed by atoms with Gasteiger partial charge in [-0.25, -0.2) is 4.39 Å². The summed E-state index contributed by atoms with van der Waals surface area (Å²) in [6, 6.07) is 3.54. The first-order valence-electron chi connectivity index (χ1n) is 5.35. The van der Waals surface area contributed by atoms with Crippen molar-refractivity contribution in [3.8, 4) is 0 Å². The molecule has 3 heteroatoms. The molecule has 1 atom stereocenters. The molecule has 1 aliphatic carbocycles. The van der Waals surface area contributed by atoms with Crippen molar-refractivity contribution >= 4 is 0 Å². The molecule has 1 aromatic rings.